The summed E-state index contributed by atoms with van der Waals surface area (Å²) >= 11 is 1.50. The molecule has 0 bridgehead atoms. The molecule has 0 unspecified atom stereocenters. The first kappa shape index (κ1) is 15.0. The molecule has 0 aliphatic carbocycles. The van der Waals surface area contributed by atoms with Gasteiger partial charge in [0.05, 0.1) is 10.2 Å². The van der Waals surface area contributed by atoms with E-state index in [-0.39, 0.29) is 24.1 Å². The number of carbonyl (C=O) groups excluding carboxylic acids is 1. The van der Waals surface area contributed by atoms with Crippen LogP contribution in [0.5, 0.6) is 0 Å². The maximum Gasteiger partial charge on any atom is 0.219 e. The highest BCUT2D eigenvalue weighted by molar-refractivity contribution is 7.22. The van der Waals surface area contributed by atoms with Crippen LogP contribution in [0.25, 0.3) is 10.2 Å². The van der Waals surface area contributed by atoms with E-state index >= 15 is 0 Å². The van der Waals surface area contributed by atoms with Gasteiger partial charge in [0.25, 0.3) is 0 Å². The predicted molar refractivity (Wildman–Crippen MR) is 81.3 cm³/mol. The zero-order valence-corrected chi connectivity index (χ0v) is 12.6. The highest BCUT2D eigenvalue weighted by Crippen LogP contribution is 2.29. The van der Waals surface area contributed by atoms with Crippen LogP contribution in [0.1, 0.15) is 6.92 Å². The van der Waals surface area contributed by atoms with Crippen molar-refractivity contribution in [2.24, 2.45) is 0 Å². The molecule has 3 rings (SSSR count). The first-order valence-corrected chi connectivity index (χ1v) is 7.02. The Kier molecular flexibility index (Phi) is 4.45. The van der Waals surface area contributed by atoms with E-state index in [4.69, 9.17) is 0 Å². The molecule has 0 saturated carbocycles. The predicted octanol–water partition coefficient (Wildman–Crippen LogP) is 2.53. The van der Waals surface area contributed by atoms with Crippen LogP contribution in [0, 0.1) is 5.82 Å². The van der Waals surface area contributed by atoms with Gasteiger partial charge in [-0.3, -0.25) is 4.79 Å². The smallest absolute Gasteiger partial charge is 0.219 e. The normalized spacial score (nSPS) is 15.3. The summed E-state index contributed by atoms with van der Waals surface area (Å²) in [5.74, 6) is -0.116. The minimum Gasteiger partial charge on any atom is -0.345 e. The van der Waals surface area contributed by atoms with Crippen molar-refractivity contribution in [2.75, 3.05) is 31.1 Å². The third-order valence-corrected chi connectivity index (χ3v) is 4.41. The van der Waals surface area contributed by atoms with Crippen molar-refractivity contribution in [2.45, 2.75) is 6.92 Å². The second kappa shape index (κ2) is 5.93. The van der Waals surface area contributed by atoms with Gasteiger partial charge in [-0.25, -0.2) is 9.37 Å². The van der Waals surface area contributed by atoms with Crippen LogP contribution < -0.4 is 4.90 Å². The fourth-order valence-corrected chi connectivity index (χ4v) is 3.28. The van der Waals surface area contributed by atoms with E-state index in [0.717, 1.165) is 41.5 Å². The first-order valence-electron chi connectivity index (χ1n) is 6.20. The average molecular weight is 316 g/mol. The molecule has 2 aromatic rings. The summed E-state index contributed by atoms with van der Waals surface area (Å²) in [5.41, 5.74) is 0.829. The maximum atomic E-state index is 13.1. The van der Waals surface area contributed by atoms with Crippen LogP contribution >= 0.6 is 23.7 Å². The highest BCUT2D eigenvalue weighted by Gasteiger charge is 2.21. The van der Waals surface area contributed by atoms with Crippen LogP contribution in [-0.4, -0.2) is 42.0 Å². The summed E-state index contributed by atoms with van der Waals surface area (Å²) in [7, 11) is 0. The molecule has 1 aromatic carbocycles. The van der Waals surface area contributed by atoms with Crippen molar-refractivity contribution in [3.63, 3.8) is 0 Å². The molecule has 108 valence electrons. The van der Waals surface area contributed by atoms with Crippen molar-refractivity contribution in [1.29, 1.82) is 0 Å². The molecule has 1 amide bonds. The standard InChI is InChI=1S/C13H14FN3OS.ClH/c1-9(18)16-4-6-17(7-5-16)13-15-11-3-2-10(14)8-12(11)19-13;/h2-3,8H,4-7H2,1H3;1H. The van der Waals surface area contributed by atoms with Gasteiger partial charge in [0.1, 0.15) is 5.82 Å². The number of hydrogen-bond donors (Lipinski definition) is 0. The number of thiazole rings is 1. The van der Waals surface area contributed by atoms with Crippen LogP contribution in [0.15, 0.2) is 18.2 Å². The number of rotatable bonds is 1. The summed E-state index contributed by atoms with van der Waals surface area (Å²) < 4.78 is 14.0. The Bertz CT molecular complexity index is 625. The second-order valence-electron chi connectivity index (χ2n) is 4.60. The summed E-state index contributed by atoms with van der Waals surface area (Å²) in [6.45, 7) is 4.60. The van der Waals surface area contributed by atoms with E-state index in [1.165, 1.54) is 23.5 Å². The van der Waals surface area contributed by atoms with Gasteiger partial charge in [0, 0.05) is 33.1 Å². The van der Waals surface area contributed by atoms with Crippen molar-refractivity contribution in [3.8, 4) is 0 Å². The number of fused-ring (bicyclic) bond motifs is 1. The molecule has 2 heterocycles. The molecule has 0 atom stereocenters. The third-order valence-electron chi connectivity index (χ3n) is 3.33. The van der Waals surface area contributed by atoms with Crippen LogP contribution in [-0.2, 0) is 4.79 Å². The summed E-state index contributed by atoms with van der Waals surface area (Å²) in [6, 6.07) is 4.65. The number of piperazine rings is 1. The number of nitrogens with zero attached hydrogens (tertiary/aromatic N) is 3. The number of anilines is 1. The van der Waals surface area contributed by atoms with Gasteiger partial charge in [-0.05, 0) is 18.2 Å². The summed E-state index contributed by atoms with van der Waals surface area (Å²) in [5, 5.41) is 0.906. The van der Waals surface area contributed by atoms with Crippen LogP contribution in [0.3, 0.4) is 0 Å². The Morgan fingerprint density at radius 1 is 1.30 bits per heavy atom. The van der Waals surface area contributed by atoms with Gasteiger partial charge < -0.3 is 9.80 Å². The molecule has 7 heteroatoms. The van der Waals surface area contributed by atoms with E-state index in [9.17, 15) is 9.18 Å². The molecular formula is C13H15ClFN3OS. The lowest BCUT2D eigenvalue weighted by Gasteiger charge is -2.33. The molecule has 4 nitrogen and oxygen atoms in total. The fourth-order valence-electron chi connectivity index (χ4n) is 2.23. The first-order chi connectivity index (χ1) is 9.13. The Labute approximate surface area is 126 Å². The topological polar surface area (TPSA) is 36.4 Å². The van der Waals surface area contributed by atoms with Gasteiger partial charge in [0.2, 0.25) is 5.91 Å². The monoisotopic (exact) mass is 315 g/mol. The minimum absolute atomic E-state index is 0. The Hall–Kier alpha value is -1.40. The number of hydrogen-bond acceptors (Lipinski definition) is 4. The molecule has 1 fully saturated rings. The number of halogens is 2. The number of carbonyl (C=O) groups is 1. The maximum absolute atomic E-state index is 13.1. The molecule has 1 aliphatic rings. The van der Waals surface area contributed by atoms with Gasteiger partial charge in [-0.2, -0.15) is 0 Å². The highest BCUT2D eigenvalue weighted by atomic mass is 35.5. The van der Waals surface area contributed by atoms with Crippen LogP contribution in [0.2, 0.25) is 0 Å². The Morgan fingerprint density at radius 3 is 2.65 bits per heavy atom. The Morgan fingerprint density at radius 2 is 2.00 bits per heavy atom. The average Bonchev–Trinajstić information content (AvgIpc) is 2.81. The Balaban J connectivity index is 0.00000147. The number of amides is 1. The van der Waals surface area contributed by atoms with E-state index in [1.807, 2.05) is 4.90 Å². The van der Waals surface area contributed by atoms with Gasteiger partial charge in [-0.15, -0.1) is 12.4 Å². The molecule has 1 saturated heterocycles. The van der Waals surface area contributed by atoms with E-state index in [0.29, 0.717) is 0 Å². The van der Waals surface area contributed by atoms with E-state index in [1.54, 1.807) is 13.0 Å². The van der Waals surface area contributed by atoms with Gasteiger partial charge in [-0.1, -0.05) is 11.3 Å². The molecule has 0 spiro atoms. The summed E-state index contributed by atoms with van der Waals surface area (Å²) in [4.78, 5) is 19.8. The molecule has 1 aromatic heterocycles. The number of aromatic nitrogens is 1. The van der Waals surface area contributed by atoms with Crippen molar-refractivity contribution < 1.29 is 9.18 Å². The second-order valence-corrected chi connectivity index (χ2v) is 5.61. The van der Waals surface area contributed by atoms with Crippen LogP contribution in [0.4, 0.5) is 9.52 Å². The van der Waals surface area contributed by atoms with Crippen molar-refractivity contribution in [3.05, 3.63) is 24.0 Å². The SMILES string of the molecule is CC(=O)N1CCN(c2nc3ccc(F)cc3s2)CC1.Cl. The lowest BCUT2D eigenvalue weighted by molar-refractivity contribution is -0.129. The molecule has 0 N–H and O–H groups in total. The van der Waals surface area contributed by atoms with E-state index in [2.05, 4.69) is 9.88 Å². The molecule has 1 aliphatic heterocycles. The minimum atomic E-state index is -0.232. The quantitative estimate of drug-likeness (QED) is 0.811. The zero-order chi connectivity index (χ0) is 13.4. The molecule has 0 radical (unpaired) electrons. The van der Waals surface area contributed by atoms with E-state index < -0.39 is 0 Å². The van der Waals surface area contributed by atoms with Gasteiger partial charge >= 0.3 is 0 Å². The fraction of sp³-hybridized carbons (Fsp3) is 0.385. The number of benzene rings is 1. The molecular weight excluding hydrogens is 301 g/mol. The third kappa shape index (κ3) is 2.86. The lowest BCUT2D eigenvalue weighted by Crippen LogP contribution is -2.48. The van der Waals surface area contributed by atoms with Gasteiger partial charge in [0.15, 0.2) is 5.13 Å². The van der Waals surface area contributed by atoms with Crippen molar-refractivity contribution in [1.82, 2.24) is 9.88 Å². The largest absolute Gasteiger partial charge is 0.345 e. The zero-order valence-electron chi connectivity index (χ0n) is 11.0. The summed E-state index contributed by atoms with van der Waals surface area (Å²) in [6.07, 6.45) is 0. The molecule has 20 heavy (non-hydrogen) atoms. The lowest BCUT2D eigenvalue weighted by atomic mass is 10.3. The van der Waals surface area contributed by atoms with Crippen molar-refractivity contribution >= 4 is 45.0 Å².